The summed E-state index contributed by atoms with van der Waals surface area (Å²) in [4.78, 5) is 15.4. The number of rotatable bonds is 4. The molecule has 18 heavy (non-hydrogen) atoms. The highest BCUT2D eigenvalue weighted by Gasteiger charge is 2.13. The van der Waals surface area contributed by atoms with Gasteiger partial charge in [-0.2, -0.15) is 0 Å². The molecule has 0 fully saturated rings. The second-order valence-corrected chi connectivity index (χ2v) is 5.63. The van der Waals surface area contributed by atoms with Crippen LogP contribution in [0.25, 0.3) is 0 Å². The van der Waals surface area contributed by atoms with Crippen molar-refractivity contribution in [2.24, 2.45) is 0 Å². The second kappa shape index (κ2) is 5.49. The number of anilines is 1. The van der Waals surface area contributed by atoms with Gasteiger partial charge in [-0.1, -0.05) is 39.4 Å². The van der Waals surface area contributed by atoms with E-state index in [2.05, 4.69) is 26.2 Å². The topological polar surface area (TPSA) is 62.2 Å². The van der Waals surface area contributed by atoms with Gasteiger partial charge in [0.2, 0.25) is 0 Å². The third kappa shape index (κ3) is 3.08. The molecule has 0 radical (unpaired) electrons. The largest absolute Gasteiger partial charge is 0.477 e. The van der Waals surface area contributed by atoms with Gasteiger partial charge in [0.1, 0.15) is 4.88 Å². The molecule has 4 nitrogen and oxygen atoms in total. The van der Waals surface area contributed by atoms with Crippen LogP contribution in [0, 0.1) is 6.92 Å². The number of nitrogens with zero attached hydrogens (tertiary/aromatic N) is 1. The number of hydrogen-bond donors (Lipinski definition) is 2. The molecular weight excluding hydrogens is 316 g/mol. The van der Waals surface area contributed by atoms with Gasteiger partial charge in [-0.3, -0.25) is 0 Å². The number of carbonyl (C=O) groups is 1. The van der Waals surface area contributed by atoms with Gasteiger partial charge in [0, 0.05) is 11.0 Å². The number of benzene rings is 1. The summed E-state index contributed by atoms with van der Waals surface area (Å²) < 4.78 is 1.03. The molecule has 0 spiro atoms. The standard InChI is InChI=1S/C12H11BrN2O2S/c1-7-10(11(16)17)18-12(15-7)14-6-8-2-4-9(13)5-3-8/h2-5H,6H2,1H3,(H,14,15)(H,16,17). The Bertz CT molecular complexity index is 566. The summed E-state index contributed by atoms with van der Waals surface area (Å²) in [7, 11) is 0. The van der Waals surface area contributed by atoms with Crippen molar-refractivity contribution in [2.45, 2.75) is 13.5 Å². The van der Waals surface area contributed by atoms with Crippen molar-refractivity contribution in [3.05, 3.63) is 44.9 Å². The van der Waals surface area contributed by atoms with Gasteiger partial charge in [0.15, 0.2) is 5.13 Å². The van der Waals surface area contributed by atoms with E-state index in [-0.39, 0.29) is 4.88 Å². The van der Waals surface area contributed by atoms with Crippen molar-refractivity contribution in [3.63, 3.8) is 0 Å². The smallest absolute Gasteiger partial charge is 0.347 e. The highest BCUT2D eigenvalue weighted by atomic mass is 79.9. The van der Waals surface area contributed by atoms with Gasteiger partial charge in [-0.05, 0) is 24.6 Å². The van der Waals surface area contributed by atoms with E-state index in [0.29, 0.717) is 17.4 Å². The van der Waals surface area contributed by atoms with Crippen molar-refractivity contribution in [1.82, 2.24) is 4.98 Å². The molecule has 0 amide bonds. The van der Waals surface area contributed by atoms with Crippen LogP contribution in [0.1, 0.15) is 20.9 Å². The molecule has 1 aromatic carbocycles. The summed E-state index contributed by atoms with van der Waals surface area (Å²) in [5.41, 5.74) is 1.66. The first kappa shape index (κ1) is 13.0. The van der Waals surface area contributed by atoms with E-state index < -0.39 is 5.97 Å². The van der Waals surface area contributed by atoms with Crippen LogP contribution in [0.2, 0.25) is 0 Å². The van der Waals surface area contributed by atoms with Crippen molar-refractivity contribution < 1.29 is 9.90 Å². The van der Waals surface area contributed by atoms with E-state index in [0.717, 1.165) is 21.4 Å². The fourth-order valence-electron chi connectivity index (χ4n) is 1.45. The Morgan fingerprint density at radius 3 is 2.67 bits per heavy atom. The number of aromatic carboxylic acids is 1. The maximum atomic E-state index is 10.9. The van der Waals surface area contributed by atoms with Crippen LogP contribution in [-0.2, 0) is 6.54 Å². The molecule has 0 aliphatic heterocycles. The quantitative estimate of drug-likeness (QED) is 0.902. The number of aromatic nitrogens is 1. The van der Waals surface area contributed by atoms with Gasteiger partial charge < -0.3 is 10.4 Å². The Balaban J connectivity index is 2.04. The summed E-state index contributed by atoms with van der Waals surface area (Å²) in [6, 6.07) is 7.92. The summed E-state index contributed by atoms with van der Waals surface area (Å²) >= 11 is 4.53. The number of carboxylic acids is 1. The maximum Gasteiger partial charge on any atom is 0.347 e. The lowest BCUT2D eigenvalue weighted by atomic mass is 10.2. The first-order valence-electron chi connectivity index (χ1n) is 5.25. The first-order valence-corrected chi connectivity index (χ1v) is 6.86. The maximum absolute atomic E-state index is 10.9. The van der Waals surface area contributed by atoms with Crippen molar-refractivity contribution in [1.29, 1.82) is 0 Å². The van der Waals surface area contributed by atoms with Gasteiger partial charge in [0.05, 0.1) is 5.69 Å². The first-order chi connectivity index (χ1) is 8.56. The Hall–Kier alpha value is -1.40. The number of hydrogen-bond acceptors (Lipinski definition) is 4. The fraction of sp³-hybridized carbons (Fsp3) is 0.167. The third-order valence-corrected chi connectivity index (χ3v) is 3.98. The van der Waals surface area contributed by atoms with Gasteiger partial charge in [0.25, 0.3) is 0 Å². The fourth-order valence-corrected chi connectivity index (χ4v) is 2.52. The lowest BCUT2D eigenvalue weighted by Gasteiger charge is -2.02. The molecule has 0 saturated heterocycles. The molecule has 1 aromatic heterocycles. The van der Waals surface area contributed by atoms with Gasteiger partial charge >= 0.3 is 5.97 Å². The molecule has 0 atom stereocenters. The van der Waals surface area contributed by atoms with E-state index in [1.807, 2.05) is 24.3 Å². The van der Waals surface area contributed by atoms with E-state index >= 15 is 0 Å². The number of thiazole rings is 1. The molecule has 94 valence electrons. The highest BCUT2D eigenvalue weighted by Crippen LogP contribution is 2.23. The van der Waals surface area contributed by atoms with E-state index in [4.69, 9.17) is 5.11 Å². The molecule has 2 rings (SSSR count). The van der Waals surface area contributed by atoms with Crippen LogP contribution >= 0.6 is 27.3 Å². The lowest BCUT2D eigenvalue weighted by Crippen LogP contribution is -1.98. The summed E-state index contributed by atoms with van der Waals surface area (Å²) in [6.45, 7) is 2.32. The van der Waals surface area contributed by atoms with Crippen LogP contribution in [0.5, 0.6) is 0 Å². The molecule has 0 aliphatic rings. The van der Waals surface area contributed by atoms with Crippen molar-refractivity contribution in [3.8, 4) is 0 Å². The van der Waals surface area contributed by atoms with Crippen LogP contribution in [0.4, 0.5) is 5.13 Å². The highest BCUT2D eigenvalue weighted by molar-refractivity contribution is 9.10. The minimum atomic E-state index is -0.929. The molecule has 0 aliphatic carbocycles. The van der Waals surface area contributed by atoms with E-state index in [9.17, 15) is 4.79 Å². The minimum absolute atomic E-state index is 0.285. The molecule has 0 bridgehead atoms. The number of carboxylic acid groups (broad SMARTS) is 1. The van der Waals surface area contributed by atoms with Crippen molar-refractivity contribution >= 4 is 38.4 Å². The molecule has 6 heteroatoms. The normalized spacial score (nSPS) is 10.3. The zero-order valence-electron chi connectivity index (χ0n) is 9.61. The van der Waals surface area contributed by atoms with Gasteiger partial charge in [-0.15, -0.1) is 0 Å². The Labute approximate surface area is 117 Å². The number of nitrogens with one attached hydrogen (secondary N) is 1. The number of halogens is 1. The Kier molecular flexibility index (Phi) is 3.98. The minimum Gasteiger partial charge on any atom is -0.477 e. The Morgan fingerprint density at radius 2 is 2.11 bits per heavy atom. The predicted octanol–water partition coefficient (Wildman–Crippen LogP) is 3.52. The number of aryl methyl sites for hydroxylation is 1. The zero-order valence-corrected chi connectivity index (χ0v) is 12.0. The summed E-state index contributed by atoms with van der Waals surface area (Å²) in [6.07, 6.45) is 0. The predicted molar refractivity (Wildman–Crippen MR) is 75.3 cm³/mol. The average Bonchev–Trinajstić information content (AvgIpc) is 2.70. The van der Waals surface area contributed by atoms with Gasteiger partial charge in [-0.25, -0.2) is 9.78 Å². The second-order valence-electron chi connectivity index (χ2n) is 3.72. The monoisotopic (exact) mass is 326 g/mol. The average molecular weight is 327 g/mol. The molecule has 0 saturated carbocycles. The lowest BCUT2D eigenvalue weighted by molar-refractivity contribution is 0.0701. The third-order valence-electron chi connectivity index (χ3n) is 2.35. The van der Waals surface area contributed by atoms with Crippen LogP contribution in [-0.4, -0.2) is 16.1 Å². The van der Waals surface area contributed by atoms with Crippen LogP contribution in [0.15, 0.2) is 28.7 Å². The van der Waals surface area contributed by atoms with E-state index in [1.165, 1.54) is 0 Å². The summed E-state index contributed by atoms with van der Waals surface area (Å²) in [5, 5.41) is 12.7. The summed E-state index contributed by atoms with van der Waals surface area (Å²) in [5.74, 6) is -0.929. The van der Waals surface area contributed by atoms with Crippen LogP contribution in [0.3, 0.4) is 0 Å². The zero-order chi connectivity index (χ0) is 13.1. The molecule has 2 N–H and O–H groups in total. The molecule has 2 aromatic rings. The Morgan fingerprint density at radius 1 is 1.44 bits per heavy atom. The molecule has 1 heterocycles. The van der Waals surface area contributed by atoms with E-state index in [1.54, 1.807) is 6.92 Å². The van der Waals surface area contributed by atoms with Crippen LogP contribution < -0.4 is 5.32 Å². The molecular formula is C12H11BrN2O2S. The SMILES string of the molecule is Cc1nc(NCc2ccc(Br)cc2)sc1C(=O)O. The molecule has 0 unspecified atom stereocenters. The van der Waals surface area contributed by atoms with Crippen molar-refractivity contribution in [2.75, 3.05) is 5.32 Å².